The minimum Gasteiger partial charge on any atom is -0.319 e. The van der Waals surface area contributed by atoms with Gasteiger partial charge in [0.15, 0.2) is 5.69 Å². The number of fused-ring (bicyclic) bond motifs is 9. The van der Waals surface area contributed by atoms with Gasteiger partial charge in [-0.2, -0.15) is 0 Å². The average Bonchev–Trinajstić information content (AvgIpc) is 3.89. The lowest BCUT2D eigenvalue weighted by atomic mass is 10.0. The summed E-state index contributed by atoms with van der Waals surface area (Å²) in [5.74, 6) is 0. The molecule has 11 rings (SSSR count). The minimum absolute atomic E-state index is 0.568. The van der Waals surface area contributed by atoms with Crippen LogP contribution >= 0.6 is 0 Å². The lowest BCUT2D eigenvalue weighted by Crippen LogP contribution is -1.96. The van der Waals surface area contributed by atoms with Gasteiger partial charge in [0.25, 0.3) is 0 Å². The lowest BCUT2D eigenvalue weighted by molar-refractivity contribution is 1.17. The summed E-state index contributed by atoms with van der Waals surface area (Å²) >= 11 is 0. The molecule has 0 N–H and O–H groups in total. The van der Waals surface area contributed by atoms with E-state index in [9.17, 15) is 0 Å². The molecular formula is C50H29N5. The maximum Gasteiger partial charge on any atom is 0.211 e. The molecule has 0 radical (unpaired) electrons. The predicted molar refractivity (Wildman–Crippen MR) is 227 cm³/mol. The Labute approximate surface area is 316 Å². The average molecular weight is 700 g/mol. The molecule has 0 bridgehead atoms. The zero-order chi connectivity index (χ0) is 36.6. The Hall–Kier alpha value is -7.86. The van der Waals surface area contributed by atoms with E-state index >= 15 is 0 Å². The van der Waals surface area contributed by atoms with Crippen LogP contribution in [0.5, 0.6) is 0 Å². The molecule has 0 atom stereocenters. The highest BCUT2D eigenvalue weighted by molar-refractivity contribution is 6.16. The molecule has 254 valence electrons. The van der Waals surface area contributed by atoms with Crippen molar-refractivity contribution in [3.8, 4) is 28.2 Å². The summed E-state index contributed by atoms with van der Waals surface area (Å²) in [6, 6.07) is 61.4. The van der Waals surface area contributed by atoms with Crippen LogP contribution in [0.4, 0.5) is 11.4 Å². The first-order chi connectivity index (χ1) is 27.2. The van der Waals surface area contributed by atoms with Gasteiger partial charge < -0.3 is 13.7 Å². The van der Waals surface area contributed by atoms with Crippen molar-refractivity contribution in [2.24, 2.45) is 0 Å². The van der Waals surface area contributed by atoms with Crippen LogP contribution in [-0.4, -0.2) is 13.7 Å². The molecule has 8 aromatic carbocycles. The SMILES string of the molecule is [C-]#[N+]c1ccc2c(c1)c1ccccc1n2-c1ccc(-c2ccc(-n3c4ccccc4c4c(-n5c6ccccc6c6ccccc65)cccc43)cc2)cc1[N+]#[C-]. The Balaban J connectivity index is 1.04. The molecule has 3 aromatic heterocycles. The number of aromatic nitrogens is 3. The van der Waals surface area contributed by atoms with Crippen molar-refractivity contribution < 1.29 is 0 Å². The summed E-state index contributed by atoms with van der Waals surface area (Å²) in [5.41, 5.74) is 12.9. The second-order valence-corrected chi connectivity index (χ2v) is 13.9. The van der Waals surface area contributed by atoms with Crippen LogP contribution in [0.15, 0.2) is 176 Å². The zero-order valence-corrected chi connectivity index (χ0v) is 29.5. The Bertz CT molecular complexity index is 3400. The van der Waals surface area contributed by atoms with E-state index in [1.807, 2.05) is 36.4 Å². The fourth-order valence-electron chi connectivity index (χ4n) is 8.72. The highest BCUT2D eigenvalue weighted by Gasteiger charge is 2.20. The number of nitrogens with zero attached hydrogens (tertiary/aromatic N) is 5. The van der Waals surface area contributed by atoms with E-state index in [1.54, 1.807) is 0 Å². The smallest absolute Gasteiger partial charge is 0.211 e. The van der Waals surface area contributed by atoms with Crippen LogP contribution in [0.3, 0.4) is 0 Å². The van der Waals surface area contributed by atoms with Gasteiger partial charge in [0.05, 0.1) is 57.6 Å². The molecule has 0 aliphatic heterocycles. The predicted octanol–water partition coefficient (Wildman–Crippen LogP) is 13.7. The molecule has 0 unspecified atom stereocenters. The van der Waals surface area contributed by atoms with E-state index in [1.165, 1.54) is 32.6 Å². The molecule has 0 aliphatic rings. The summed E-state index contributed by atoms with van der Waals surface area (Å²) in [4.78, 5) is 7.69. The van der Waals surface area contributed by atoms with E-state index in [0.717, 1.165) is 61.0 Å². The first-order valence-electron chi connectivity index (χ1n) is 18.3. The van der Waals surface area contributed by atoms with Crippen molar-refractivity contribution in [2.75, 3.05) is 0 Å². The van der Waals surface area contributed by atoms with Crippen molar-refractivity contribution in [1.82, 2.24) is 13.7 Å². The van der Waals surface area contributed by atoms with Crippen LogP contribution in [0.2, 0.25) is 0 Å². The fourth-order valence-corrected chi connectivity index (χ4v) is 8.72. The molecular weight excluding hydrogens is 671 g/mol. The van der Waals surface area contributed by atoms with Crippen molar-refractivity contribution in [2.45, 2.75) is 0 Å². The molecule has 55 heavy (non-hydrogen) atoms. The standard InChI is InChI=1S/C50H29N5/c1-51-34-25-29-46-40(31-34)38-14-5-9-18-44(38)54(46)47-28-24-33(30-41(47)52-2)32-22-26-35(27-23-32)53-45-19-10-6-15-39(45)50-48(53)20-11-21-49(50)55-42-16-7-3-12-36(42)37-13-4-8-17-43(37)55/h3-31H. The van der Waals surface area contributed by atoms with E-state index in [2.05, 4.69) is 163 Å². The molecule has 0 saturated heterocycles. The highest BCUT2D eigenvalue weighted by Crippen LogP contribution is 2.41. The Morgan fingerprint density at radius 1 is 0.345 bits per heavy atom. The summed E-state index contributed by atoms with van der Waals surface area (Å²) in [5, 5.41) is 6.97. The normalized spacial score (nSPS) is 11.6. The summed E-state index contributed by atoms with van der Waals surface area (Å²) in [7, 11) is 0. The van der Waals surface area contributed by atoms with Gasteiger partial charge in [0, 0.05) is 32.6 Å². The molecule has 11 aromatic rings. The first-order valence-corrected chi connectivity index (χ1v) is 18.3. The molecule has 3 heterocycles. The van der Waals surface area contributed by atoms with Gasteiger partial charge in [-0.25, -0.2) is 9.69 Å². The molecule has 0 aliphatic carbocycles. The molecule has 0 fully saturated rings. The van der Waals surface area contributed by atoms with Crippen LogP contribution in [-0.2, 0) is 0 Å². The first kappa shape index (κ1) is 30.7. The third-order valence-electron chi connectivity index (χ3n) is 11.1. The molecule has 0 saturated carbocycles. The van der Waals surface area contributed by atoms with Gasteiger partial charge in [-0.1, -0.05) is 103 Å². The van der Waals surface area contributed by atoms with Gasteiger partial charge in [0.1, 0.15) is 0 Å². The molecule has 5 nitrogen and oxygen atoms in total. The van der Waals surface area contributed by atoms with Crippen LogP contribution in [0.1, 0.15) is 0 Å². The van der Waals surface area contributed by atoms with E-state index in [0.29, 0.717) is 11.4 Å². The summed E-state index contributed by atoms with van der Waals surface area (Å²) in [6.45, 7) is 15.8. The second-order valence-electron chi connectivity index (χ2n) is 13.9. The van der Waals surface area contributed by atoms with Crippen molar-refractivity contribution >= 4 is 76.8 Å². The quantitative estimate of drug-likeness (QED) is 0.163. The number of hydrogen-bond acceptors (Lipinski definition) is 0. The van der Waals surface area contributed by atoms with Crippen LogP contribution < -0.4 is 0 Å². The van der Waals surface area contributed by atoms with E-state index in [-0.39, 0.29) is 0 Å². The zero-order valence-electron chi connectivity index (χ0n) is 29.5. The Morgan fingerprint density at radius 2 is 0.873 bits per heavy atom. The fraction of sp³-hybridized carbons (Fsp3) is 0. The monoisotopic (exact) mass is 699 g/mol. The molecule has 0 spiro atoms. The maximum absolute atomic E-state index is 8.23. The van der Waals surface area contributed by atoms with E-state index in [4.69, 9.17) is 13.1 Å². The van der Waals surface area contributed by atoms with Gasteiger partial charge in [-0.3, -0.25) is 0 Å². The molecule has 0 amide bonds. The van der Waals surface area contributed by atoms with Crippen LogP contribution in [0, 0.1) is 13.1 Å². The Morgan fingerprint density at radius 3 is 1.51 bits per heavy atom. The number of hydrogen-bond donors (Lipinski definition) is 0. The number of para-hydroxylation sites is 4. The third-order valence-corrected chi connectivity index (χ3v) is 11.1. The third kappa shape index (κ3) is 4.45. The van der Waals surface area contributed by atoms with Crippen molar-refractivity contribution in [3.63, 3.8) is 0 Å². The van der Waals surface area contributed by atoms with Gasteiger partial charge in [-0.05, 0) is 89.3 Å². The largest absolute Gasteiger partial charge is 0.319 e. The minimum atomic E-state index is 0.568. The second kappa shape index (κ2) is 11.8. The Kier molecular flexibility index (Phi) is 6.61. The van der Waals surface area contributed by atoms with Crippen molar-refractivity contribution in [3.05, 3.63) is 199 Å². The summed E-state index contributed by atoms with van der Waals surface area (Å²) in [6.07, 6.45) is 0. The lowest BCUT2D eigenvalue weighted by Gasteiger charge is -2.13. The van der Waals surface area contributed by atoms with E-state index < -0.39 is 0 Å². The van der Waals surface area contributed by atoms with Crippen molar-refractivity contribution in [1.29, 1.82) is 0 Å². The van der Waals surface area contributed by atoms with Gasteiger partial charge in [-0.15, -0.1) is 0 Å². The topological polar surface area (TPSA) is 23.5 Å². The molecule has 5 heteroatoms. The number of benzene rings is 8. The van der Waals surface area contributed by atoms with Crippen LogP contribution in [0.25, 0.3) is 103 Å². The number of rotatable bonds is 4. The van der Waals surface area contributed by atoms with Gasteiger partial charge in [0.2, 0.25) is 5.69 Å². The summed E-state index contributed by atoms with van der Waals surface area (Å²) < 4.78 is 6.92. The highest BCUT2D eigenvalue weighted by atomic mass is 15.0. The van der Waals surface area contributed by atoms with Gasteiger partial charge >= 0.3 is 0 Å². The maximum atomic E-state index is 8.23.